The van der Waals surface area contributed by atoms with Crippen molar-refractivity contribution in [2.75, 3.05) is 6.54 Å². The second-order valence-corrected chi connectivity index (χ2v) is 6.06. The molecule has 0 saturated carbocycles. The SMILES string of the molecule is CCCCCCCCCCC1CCNC(C(N)=O)C1. The van der Waals surface area contributed by atoms with Crippen LogP contribution in [-0.2, 0) is 4.79 Å². The molecule has 0 aliphatic carbocycles. The molecule has 0 spiro atoms. The quantitative estimate of drug-likeness (QED) is 0.597. The first-order valence-corrected chi connectivity index (χ1v) is 8.26. The highest BCUT2D eigenvalue weighted by atomic mass is 16.1. The lowest BCUT2D eigenvalue weighted by Gasteiger charge is -2.28. The van der Waals surface area contributed by atoms with Crippen molar-refractivity contribution in [3.05, 3.63) is 0 Å². The number of hydrogen-bond donors (Lipinski definition) is 2. The van der Waals surface area contributed by atoms with Crippen LogP contribution in [0.5, 0.6) is 0 Å². The molecule has 0 aromatic carbocycles. The largest absolute Gasteiger partial charge is 0.368 e. The highest BCUT2D eigenvalue weighted by molar-refractivity contribution is 5.79. The molecule has 3 N–H and O–H groups in total. The summed E-state index contributed by atoms with van der Waals surface area (Å²) in [7, 11) is 0. The van der Waals surface area contributed by atoms with Gasteiger partial charge in [-0.15, -0.1) is 0 Å². The minimum atomic E-state index is -0.180. The molecule has 1 aliphatic rings. The molecule has 0 aromatic heterocycles. The van der Waals surface area contributed by atoms with E-state index in [1.165, 1.54) is 64.2 Å². The maximum Gasteiger partial charge on any atom is 0.234 e. The number of rotatable bonds is 10. The van der Waals surface area contributed by atoms with Gasteiger partial charge in [0, 0.05) is 0 Å². The lowest BCUT2D eigenvalue weighted by atomic mass is 9.87. The Morgan fingerprint density at radius 1 is 1.11 bits per heavy atom. The fourth-order valence-corrected chi connectivity index (χ4v) is 3.04. The van der Waals surface area contributed by atoms with E-state index in [0.29, 0.717) is 5.92 Å². The van der Waals surface area contributed by atoms with Crippen molar-refractivity contribution in [2.24, 2.45) is 11.7 Å². The second kappa shape index (κ2) is 10.2. The molecular formula is C16H32N2O. The predicted octanol–water partition coefficient (Wildman–Crippen LogP) is 3.37. The molecule has 3 nitrogen and oxygen atoms in total. The van der Waals surface area contributed by atoms with Gasteiger partial charge in [0.2, 0.25) is 5.91 Å². The summed E-state index contributed by atoms with van der Waals surface area (Å²) in [6, 6.07) is -0.0761. The number of hydrogen-bond acceptors (Lipinski definition) is 2. The molecule has 1 aliphatic heterocycles. The summed E-state index contributed by atoms with van der Waals surface area (Å²) in [6.07, 6.45) is 14.4. The highest BCUT2D eigenvalue weighted by Crippen LogP contribution is 2.22. The summed E-state index contributed by atoms with van der Waals surface area (Å²) < 4.78 is 0. The lowest BCUT2D eigenvalue weighted by Crippen LogP contribution is -2.46. The van der Waals surface area contributed by atoms with Crippen LogP contribution in [-0.4, -0.2) is 18.5 Å². The fraction of sp³-hybridized carbons (Fsp3) is 0.938. The minimum absolute atomic E-state index is 0.0761. The van der Waals surface area contributed by atoms with Gasteiger partial charge in [0.15, 0.2) is 0 Å². The molecule has 1 heterocycles. The van der Waals surface area contributed by atoms with Gasteiger partial charge in [0.05, 0.1) is 6.04 Å². The monoisotopic (exact) mass is 268 g/mol. The molecule has 0 radical (unpaired) electrons. The maximum atomic E-state index is 11.2. The molecule has 0 bridgehead atoms. The smallest absolute Gasteiger partial charge is 0.234 e. The van der Waals surface area contributed by atoms with Crippen molar-refractivity contribution in [1.29, 1.82) is 0 Å². The second-order valence-electron chi connectivity index (χ2n) is 6.06. The van der Waals surface area contributed by atoms with E-state index in [1.54, 1.807) is 0 Å². The van der Waals surface area contributed by atoms with Crippen LogP contribution in [0, 0.1) is 5.92 Å². The van der Waals surface area contributed by atoms with E-state index in [2.05, 4.69) is 12.2 Å². The van der Waals surface area contributed by atoms with E-state index in [4.69, 9.17) is 5.73 Å². The van der Waals surface area contributed by atoms with E-state index >= 15 is 0 Å². The van der Waals surface area contributed by atoms with Gasteiger partial charge in [0.25, 0.3) is 0 Å². The molecule has 112 valence electrons. The van der Waals surface area contributed by atoms with Gasteiger partial charge in [0.1, 0.15) is 0 Å². The van der Waals surface area contributed by atoms with E-state index in [0.717, 1.165) is 13.0 Å². The van der Waals surface area contributed by atoms with E-state index in [1.807, 2.05) is 0 Å². The molecule has 1 fully saturated rings. The van der Waals surface area contributed by atoms with Gasteiger partial charge >= 0.3 is 0 Å². The van der Waals surface area contributed by atoms with E-state index < -0.39 is 0 Å². The number of primary amides is 1. The van der Waals surface area contributed by atoms with Crippen LogP contribution in [0.2, 0.25) is 0 Å². The molecule has 1 amide bonds. The summed E-state index contributed by atoms with van der Waals surface area (Å²) in [5.74, 6) is 0.527. The van der Waals surface area contributed by atoms with Gasteiger partial charge in [-0.05, 0) is 25.3 Å². The number of carbonyl (C=O) groups is 1. The number of unbranched alkanes of at least 4 members (excludes halogenated alkanes) is 7. The molecule has 1 rings (SSSR count). The van der Waals surface area contributed by atoms with Gasteiger partial charge in [-0.3, -0.25) is 4.79 Å². The zero-order chi connectivity index (χ0) is 13.9. The molecule has 2 atom stereocenters. The highest BCUT2D eigenvalue weighted by Gasteiger charge is 2.24. The first kappa shape index (κ1) is 16.5. The molecule has 19 heavy (non-hydrogen) atoms. The maximum absolute atomic E-state index is 11.2. The van der Waals surface area contributed by atoms with Crippen LogP contribution in [0.25, 0.3) is 0 Å². The Kier molecular flexibility index (Phi) is 8.89. The normalized spacial score (nSPS) is 23.4. The summed E-state index contributed by atoms with van der Waals surface area (Å²) in [5.41, 5.74) is 5.36. The van der Waals surface area contributed by atoms with Crippen LogP contribution in [0.4, 0.5) is 0 Å². The zero-order valence-corrected chi connectivity index (χ0v) is 12.6. The zero-order valence-electron chi connectivity index (χ0n) is 12.6. The van der Waals surface area contributed by atoms with Crippen molar-refractivity contribution >= 4 is 5.91 Å². The summed E-state index contributed by atoms with van der Waals surface area (Å²) in [6.45, 7) is 3.22. The Morgan fingerprint density at radius 3 is 2.37 bits per heavy atom. The standard InChI is InChI=1S/C16H32N2O/c1-2-3-4-5-6-7-8-9-10-14-11-12-18-15(13-14)16(17)19/h14-15,18H,2-13H2,1H3,(H2,17,19). The fourth-order valence-electron chi connectivity index (χ4n) is 3.04. The van der Waals surface area contributed by atoms with E-state index in [9.17, 15) is 4.79 Å². The van der Waals surface area contributed by atoms with Crippen molar-refractivity contribution in [1.82, 2.24) is 5.32 Å². The Balaban J connectivity index is 1.95. The van der Waals surface area contributed by atoms with Gasteiger partial charge < -0.3 is 11.1 Å². The van der Waals surface area contributed by atoms with Gasteiger partial charge in [-0.2, -0.15) is 0 Å². The first-order valence-electron chi connectivity index (χ1n) is 8.26. The molecule has 0 aromatic rings. The number of piperidine rings is 1. The topological polar surface area (TPSA) is 55.1 Å². The van der Waals surface area contributed by atoms with Crippen LogP contribution >= 0.6 is 0 Å². The number of carbonyl (C=O) groups excluding carboxylic acids is 1. The van der Waals surface area contributed by atoms with Crippen molar-refractivity contribution in [2.45, 2.75) is 83.6 Å². The number of nitrogens with two attached hydrogens (primary N) is 1. The Bertz CT molecular complexity index is 243. The minimum Gasteiger partial charge on any atom is -0.368 e. The third-order valence-corrected chi connectivity index (χ3v) is 4.32. The van der Waals surface area contributed by atoms with Crippen molar-refractivity contribution in [3.63, 3.8) is 0 Å². The average molecular weight is 268 g/mol. The van der Waals surface area contributed by atoms with Crippen LogP contribution < -0.4 is 11.1 Å². The summed E-state index contributed by atoms with van der Waals surface area (Å²) in [4.78, 5) is 11.2. The van der Waals surface area contributed by atoms with Gasteiger partial charge in [-0.1, -0.05) is 64.7 Å². The Labute approximate surface area is 118 Å². The molecule has 2 unspecified atom stereocenters. The van der Waals surface area contributed by atoms with Crippen molar-refractivity contribution in [3.8, 4) is 0 Å². The predicted molar refractivity (Wildman–Crippen MR) is 80.9 cm³/mol. The lowest BCUT2D eigenvalue weighted by molar-refractivity contribution is -0.120. The van der Waals surface area contributed by atoms with E-state index in [-0.39, 0.29) is 11.9 Å². The van der Waals surface area contributed by atoms with Gasteiger partial charge in [-0.25, -0.2) is 0 Å². The number of amides is 1. The number of nitrogens with one attached hydrogen (secondary N) is 1. The van der Waals surface area contributed by atoms with Crippen molar-refractivity contribution < 1.29 is 4.79 Å². The molecule has 3 heteroatoms. The summed E-state index contributed by atoms with van der Waals surface area (Å²) >= 11 is 0. The third kappa shape index (κ3) is 7.56. The first-order chi connectivity index (χ1) is 9.24. The van der Waals surface area contributed by atoms with Crippen LogP contribution in [0.15, 0.2) is 0 Å². The van der Waals surface area contributed by atoms with Crippen LogP contribution in [0.1, 0.15) is 77.6 Å². The molecule has 1 saturated heterocycles. The Hall–Kier alpha value is -0.570. The average Bonchev–Trinajstić information content (AvgIpc) is 2.42. The van der Waals surface area contributed by atoms with Crippen LogP contribution in [0.3, 0.4) is 0 Å². The third-order valence-electron chi connectivity index (χ3n) is 4.32. The molecular weight excluding hydrogens is 236 g/mol. The summed E-state index contributed by atoms with van der Waals surface area (Å²) in [5, 5.41) is 3.20. The Morgan fingerprint density at radius 2 is 1.74 bits per heavy atom.